The molecule has 0 spiro atoms. The number of ether oxygens (including phenoxy) is 2. The van der Waals surface area contributed by atoms with Gasteiger partial charge in [-0.05, 0) is 38.1 Å². The molecule has 98 valence electrons. The summed E-state index contributed by atoms with van der Waals surface area (Å²) >= 11 is 0. The number of carbonyl (C=O) groups is 1. The molecule has 0 amide bonds. The molecular formula is C14H19NO3. The van der Waals surface area contributed by atoms with E-state index in [1.807, 2.05) is 31.2 Å². The van der Waals surface area contributed by atoms with Crippen LogP contribution in [0.15, 0.2) is 35.9 Å². The van der Waals surface area contributed by atoms with Crippen molar-refractivity contribution < 1.29 is 14.3 Å². The molecular weight excluding hydrogens is 230 g/mol. The number of carbonyl (C=O) groups excluding carboxylic acids is 1. The third-order valence-corrected chi connectivity index (χ3v) is 2.39. The molecule has 4 heteroatoms. The zero-order chi connectivity index (χ0) is 13.4. The average Bonchev–Trinajstić information content (AvgIpc) is 2.40. The van der Waals surface area contributed by atoms with E-state index in [-0.39, 0.29) is 5.97 Å². The van der Waals surface area contributed by atoms with Crippen LogP contribution in [-0.2, 0) is 9.53 Å². The van der Waals surface area contributed by atoms with E-state index in [0.29, 0.717) is 18.7 Å². The Morgan fingerprint density at radius 3 is 2.56 bits per heavy atom. The Hall–Kier alpha value is -1.97. The minimum absolute atomic E-state index is 0.302. The van der Waals surface area contributed by atoms with Crippen molar-refractivity contribution in [1.29, 1.82) is 0 Å². The molecule has 0 saturated carbocycles. The van der Waals surface area contributed by atoms with Gasteiger partial charge in [0, 0.05) is 17.8 Å². The first-order valence-electron chi connectivity index (χ1n) is 5.89. The van der Waals surface area contributed by atoms with Crippen molar-refractivity contribution in [2.45, 2.75) is 13.8 Å². The van der Waals surface area contributed by atoms with Gasteiger partial charge in [0.2, 0.25) is 0 Å². The molecule has 0 fully saturated rings. The van der Waals surface area contributed by atoms with Crippen LogP contribution in [0, 0.1) is 0 Å². The Morgan fingerprint density at radius 2 is 2.00 bits per heavy atom. The molecule has 0 unspecified atom stereocenters. The molecule has 1 aromatic rings. The Labute approximate surface area is 108 Å². The van der Waals surface area contributed by atoms with Crippen molar-refractivity contribution in [3.05, 3.63) is 35.9 Å². The smallest absolute Gasteiger partial charge is 0.333 e. The number of benzene rings is 1. The summed E-state index contributed by atoms with van der Waals surface area (Å²) in [6.07, 6.45) is 1.79. The summed E-state index contributed by atoms with van der Waals surface area (Å²) in [6, 6.07) is 7.68. The first-order chi connectivity index (χ1) is 8.67. The number of esters is 1. The molecule has 0 aromatic heterocycles. The lowest BCUT2D eigenvalue weighted by Gasteiger charge is -2.06. The maximum Gasteiger partial charge on any atom is 0.333 e. The summed E-state index contributed by atoms with van der Waals surface area (Å²) in [5.41, 5.74) is 1.57. The Balaban J connectivity index is 2.46. The van der Waals surface area contributed by atoms with Gasteiger partial charge in [0.15, 0.2) is 0 Å². The van der Waals surface area contributed by atoms with Crippen LogP contribution in [0.1, 0.15) is 13.8 Å². The predicted octanol–water partition coefficient (Wildman–Crippen LogP) is 2.62. The lowest BCUT2D eigenvalue weighted by atomic mass is 10.2. The maximum atomic E-state index is 11.1. The van der Waals surface area contributed by atoms with Crippen molar-refractivity contribution in [2.75, 3.05) is 25.6 Å². The standard InChI is InChI=1S/C14H19NO3/c1-4-18-13-7-5-12(6-8-13)15-10-9-11(2)14(16)17-3/h5-9,15H,4,10H2,1-3H3/b11-9-. The maximum absolute atomic E-state index is 11.1. The molecule has 0 heterocycles. The number of methoxy groups -OCH3 is 1. The molecule has 0 bridgehead atoms. The quantitative estimate of drug-likeness (QED) is 0.622. The van der Waals surface area contributed by atoms with Crippen LogP contribution in [0.3, 0.4) is 0 Å². The number of hydrogen-bond donors (Lipinski definition) is 1. The van der Waals surface area contributed by atoms with Crippen molar-refractivity contribution in [3.63, 3.8) is 0 Å². The van der Waals surface area contributed by atoms with Crippen molar-refractivity contribution in [1.82, 2.24) is 0 Å². The van der Waals surface area contributed by atoms with E-state index in [1.54, 1.807) is 13.0 Å². The SMILES string of the molecule is CCOc1ccc(NC/C=C(/C)C(=O)OC)cc1. The highest BCUT2D eigenvalue weighted by Gasteiger charge is 2.01. The highest BCUT2D eigenvalue weighted by Crippen LogP contribution is 2.15. The second-order valence-electron chi connectivity index (χ2n) is 3.72. The average molecular weight is 249 g/mol. The molecule has 0 aliphatic heterocycles. The summed E-state index contributed by atoms with van der Waals surface area (Å²) < 4.78 is 9.95. The molecule has 0 radical (unpaired) electrons. The first kappa shape index (κ1) is 14.1. The third-order valence-electron chi connectivity index (χ3n) is 2.39. The lowest BCUT2D eigenvalue weighted by molar-refractivity contribution is -0.136. The van der Waals surface area contributed by atoms with Crippen LogP contribution in [0.5, 0.6) is 5.75 Å². The van der Waals surface area contributed by atoms with Gasteiger partial charge in [0.1, 0.15) is 5.75 Å². The van der Waals surface area contributed by atoms with Crippen LogP contribution >= 0.6 is 0 Å². The fourth-order valence-corrected chi connectivity index (χ4v) is 1.40. The predicted molar refractivity (Wildman–Crippen MR) is 71.9 cm³/mol. The van der Waals surface area contributed by atoms with Gasteiger partial charge in [-0.3, -0.25) is 0 Å². The van der Waals surface area contributed by atoms with E-state index >= 15 is 0 Å². The Bertz CT molecular complexity index is 410. The molecule has 0 atom stereocenters. The van der Waals surface area contributed by atoms with E-state index in [4.69, 9.17) is 4.74 Å². The summed E-state index contributed by atoms with van der Waals surface area (Å²) in [6.45, 7) is 4.92. The first-order valence-corrected chi connectivity index (χ1v) is 5.89. The van der Waals surface area contributed by atoms with Gasteiger partial charge in [0.05, 0.1) is 13.7 Å². The Kier molecular flexibility index (Phi) is 5.77. The monoisotopic (exact) mass is 249 g/mol. The van der Waals surface area contributed by atoms with Crippen LogP contribution < -0.4 is 10.1 Å². The van der Waals surface area contributed by atoms with Crippen molar-refractivity contribution in [3.8, 4) is 5.75 Å². The van der Waals surface area contributed by atoms with Gasteiger partial charge < -0.3 is 14.8 Å². The zero-order valence-corrected chi connectivity index (χ0v) is 11.0. The zero-order valence-electron chi connectivity index (χ0n) is 11.0. The van der Waals surface area contributed by atoms with E-state index in [2.05, 4.69) is 10.1 Å². The Morgan fingerprint density at radius 1 is 1.33 bits per heavy atom. The fourth-order valence-electron chi connectivity index (χ4n) is 1.40. The molecule has 1 rings (SSSR count). The van der Waals surface area contributed by atoms with Crippen molar-refractivity contribution >= 4 is 11.7 Å². The van der Waals surface area contributed by atoms with E-state index in [0.717, 1.165) is 11.4 Å². The summed E-state index contributed by atoms with van der Waals surface area (Å²) in [7, 11) is 1.37. The van der Waals surface area contributed by atoms with Crippen LogP contribution in [0.2, 0.25) is 0 Å². The van der Waals surface area contributed by atoms with E-state index < -0.39 is 0 Å². The van der Waals surface area contributed by atoms with E-state index in [1.165, 1.54) is 7.11 Å². The molecule has 0 aliphatic carbocycles. The largest absolute Gasteiger partial charge is 0.494 e. The van der Waals surface area contributed by atoms with E-state index in [9.17, 15) is 4.79 Å². The molecule has 1 N–H and O–H groups in total. The number of nitrogens with one attached hydrogen (secondary N) is 1. The lowest BCUT2D eigenvalue weighted by Crippen LogP contribution is -2.05. The van der Waals surface area contributed by atoms with Gasteiger partial charge in [-0.1, -0.05) is 6.08 Å². The van der Waals surface area contributed by atoms with Crippen LogP contribution in [-0.4, -0.2) is 26.2 Å². The normalized spacial score (nSPS) is 10.9. The second kappa shape index (κ2) is 7.37. The summed E-state index contributed by atoms with van der Waals surface area (Å²) in [5.74, 6) is 0.549. The molecule has 0 saturated heterocycles. The summed E-state index contributed by atoms with van der Waals surface area (Å²) in [4.78, 5) is 11.1. The number of rotatable bonds is 6. The fraction of sp³-hybridized carbons (Fsp3) is 0.357. The number of anilines is 1. The minimum Gasteiger partial charge on any atom is -0.494 e. The number of hydrogen-bond acceptors (Lipinski definition) is 4. The van der Waals surface area contributed by atoms with Crippen molar-refractivity contribution in [2.24, 2.45) is 0 Å². The topological polar surface area (TPSA) is 47.6 Å². The molecule has 4 nitrogen and oxygen atoms in total. The third kappa shape index (κ3) is 4.49. The molecule has 0 aliphatic rings. The second-order valence-corrected chi connectivity index (χ2v) is 3.72. The minimum atomic E-state index is -0.302. The van der Waals surface area contributed by atoms with Crippen LogP contribution in [0.4, 0.5) is 5.69 Å². The van der Waals surface area contributed by atoms with Gasteiger partial charge in [-0.15, -0.1) is 0 Å². The van der Waals surface area contributed by atoms with Crippen LogP contribution in [0.25, 0.3) is 0 Å². The molecule has 1 aromatic carbocycles. The highest BCUT2D eigenvalue weighted by molar-refractivity contribution is 5.87. The van der Waals surface area contributed by atoms with Gasteiger partial charge >= 0.3 is 5.97 Å². The summed E-state index contributed by atoms with van der Waals surface area (Å²) in [5, 5.41) is 3.18. The van der Waals surface area contributed by atoms with Gasteiger partial charge in [-0.2, -0.15) is 0 Å². The van der Waals surface area contributed by atoms with Gasteiger partial charge in [0.25, 0.3) is 0 Å². The van der Waals surface area contributed by atoms with Gasteiger partial charge in [-0.25, -0.2) is 4.79 Å². The molecule has 18 heavy (non-hydrogen) atoms. The highest BCUT2D eigenvalue weighted by atomic mass is 16.5.